The van der Waals surface area contributed by atoms with Crippen molar-refractivity contribution in [3.8, 4) is 0 Å². The smallest absolute Gasteiger partial charge is 0.130 e. The summed E-state index contributed by atoms with van der Waals surface area (Å²) in [5.41, 5.74) is 5.86. The van der Waals surface area contributed by atoms with E-state index in [0.29, 0.717) is 6.07 Å². The molecule has 5 heteroatoms. The third-order valence-electron chi connectivity index (χ3n) is 2.81. The van der Waals surface area contributed by atoms with Crippen molar-refractivity contribution in [2.75, 3.05) is 0 Å². The Labute approximate surface area is 107 Å². The van der Waals surface area contributed by atoms with Crippen LogP contribution in [0.1, 0.15) is 17.2 Å². The summed E-state index contributed by atoms with van der Waals surface area (Å²) in [5.74, 6) is -2.72. The lowest BCUT2D eigenvalue weighted by Crippen LogP contribution is -2.16. The molecule has 0 spiro atoms. The van der Waals surface area contributed by atoms with Gasteiger partial charge in [-0.1, -0.05) is 6.07 Å². The molecule has 0 radical (unpaired) electrons. The summed E-state index contributed by atoms with van der Waals surface area (Å²) in [6, 6.07) is 5.08. The van der Waals surface area contributed by atoms with E-state index < -0.39 is 29.3 Å². The predicted octanol–water partition coefficient (Wildman–Crippen LogP) is 3.49. The molecule has 0 aliphatic carbocycles. The molecule has 2 aromatic rings. The lowest BCUT2D eigenvalue weighted by atomic mass is 9.99. The Hall–Kier alpha value is -1.88. The fraction of sp³-hybridized carbons (Fsp3) is 0.143. The lowest BCUT2D eigenvalue weighted by molar-refractivity contribution is 0.542. The first-order chi connectivity index (χ1) is 8.97. The summed E-state index contributed by atoms with van der Waals surface area (Å²) < 4.78 is 52.7. The van der Waals surface area contributed by atoms with Crippen molar-refractivity contribution in [2.24, 2.45) is 5.73 Å². The molecule has 0 bridgehead atoms. The molecule has 0 aliphatic rings. The molecule has 0 aliphatic heterocycles. The molecule has 0 saturated carbocycles. The summed E-state index contributed by atoms with van der Waals surface area (Å²) in [6.45, 7) is 0. The normalized spacial score (nSPS) is 12.5. The Morgan fingerprint density at radius 3 is 2.16 bits per heavy atom. The molecule has 0 aromatic heterocycles. The maximum absolute atomic E-state index is 13.5. The van der Waals surface area contributed by atoms with E-state index in [1.807, 2.05) is 0 Å². The molecule has 1 atom stereocenters. The van der Waals surface area contributed by atoms with Crippen LogP contribution in [0.2, 0.25) is 0 Å². The van der Waals surface area contributed by atoms with E-state index in [2.05, 4.69) is 0 Å². The molecular formula is C14H11F4N. The Kier molecular flexibility index (Phi) is 3.85. The third kappa shape index (κ3) is 3.12. The van der Waals surface area contributed by atoms with Crippen LogP contribution in [-0.2, 0) is 6.42 Å². The van der Waals surface area contributed by atoms with Gasteiger partial charge < -0.3 is 5.73 Å². The summed E-state index contributed by atoms with van der Waals surface area (Å²) >= 11 is 0. The summed E-state index contributed by atoms with van der Waals surface area (Å²) in [7, 11) is 0. The second kappa shape index (κ2) is 5.40. The molecular weight excluding hydrogens is 258 g/mol. The maximum Gasteiger partial charge on any atom is 0.130 e. The molecule has 0 fully saturated rings. The van der Waals surface area contributed by atoms with Crippen molar-refractivity contribution in [3.05, 3.63) is 70.8 Å². The monoisotopic (exact) mass is 269 g/mol. The summed E-state index contributed by atoms with van der Waals surface area (Å²) in [6.07, 6.45) is -0.0772. The van der Waals surface area contributed by atoms with Crippen LogP contribution in [0, 0.1) is 23.3 Å². The van der Waals surface area contributed by atoms with Crippen LogP contribution in [-0.4, -0.2) is 0 Å². The Morgan fingerprint density at radius 2 is 1.47 bits per heavy atom. The quantitative estimate of drug-likeness (QED) is 0.848. The van der Waals surface area contributed by atoms with Gasteiger partial charge >= 0.3 is 0 Å². The van der Waals surface area contributed by atoms with Crippen molar-refractivity contribution < 1.29 is 17.6 Å². The Bertz CT molecular complexity index is 598. The highest BCUT2D eigenvalue weighted by atomic mass is 19.1. The minimum atomic E-state index is -0.878. The average Bonchev–Trinajstić information content (AvgIpc) is 2.33. The van der Waals surface area contributed by atoms with Gasteiger partial charge in [-0.15, -0.1) is 0 Å². The molecule has 1 nitrogen and oxygen atoms in total. The van der Waals surface area contributed by atoms with Crippen LogP contribution in [0.4, 0.5) is 17.6 Å². The molecule has 2 rings (SSSR count). The Balaban J connectivity index is 2.25. The van der Waals surface area contributed by atoms with Gasteiger partial charge in [-0.3, -0.25) is 0 Å². The van der Waals surface area contributed by atoms with Crippen LogP contribution in [0.5, 0.6) is 0 Å². The molecule has 19 heavy (non-hydrogen) atoms. The van der Waals surface area contributed by atoms with E-state index in [1.54, 1.807) is 0 Å². The van der Waals surface area contributed by atoms with E-state index in [-0.39, 0.29) is 17.5 Å². The van der Waals surface area contributed by atoms with E-state index >= 15 is 0 Å². The van der Waals surface area contributed by atoms with Gasteiger partial charge in [0.05, 0.1) is 0 Å². The second-order valence-corrected chi connectivity index (χ2v) is 4.21. The van der Waals surface area contributed by atoms with Crippen molar-refractivity contribution in [3.63, 3.8) is 0 Å². The first-order valence-corrected chi connectivity index (χ1v) is 5.62. The van der Waals surface area contributed by atoms with E-state index in [4.69, 9.17) is 5.73 Å². The number of halogens is 4. The first-order valence-electron chi connectivity index (χ1n) is 5.62. The topological polar surface area (TPSA) is 26.0 Å². The summed E-state index contributed by atoms with van der Waals surface area (Å²) in [4.78, 5) is 0. The minimum absolute atomic E-state index is 0.0521. The lowest BCUT2D eigenvalue weighted by Gasteiger charge is -2.13. The highest BCUT2D eigenvalue weighted by Gasteiger charge is 2.15. The van der Waals surface area contributed by atoms with Crippen molar-refractivity contribution >= 4 is 0 Å². The number of rotatable bonds is 3. The zero-order valence-electron chi connectivity index (χ0n) is 9.84. The van der Waals surface area contributed by atoms with Gasteiger partial charge in [0.2, 0.25) is 0 Å². The minimum Gasteiger partial charge on any atom is -0.324 e. The highest BCUT2D eigenvalue weighted by Crippen LogP contribution is 2.21. The number of hydrogen-bond donors (Lipinski definition) is 1. The zero-order valence-corrected chi connectivity index (χ0v) is 9.84. The standard InChI is InChI=1S/C14H11F4N/c15-9-2-4-12(17)8(5-9)6-14(19)11-3-1-10(16)7-13(11)18/h1-5,7,14H,6,19H2. The van der Waals surface area contributed by atoms with Crippen LogP contribution in [0.25, 0.3) is 0 Å². The van der Waals surface area contributed by atoms with Gasteiger partial charge in [0, 0.05) is 17.7 Å². The third-order valence-corrected chi connectivity index (χ3v) is 2.81. The summed E-state index contributed by atoms with van der Waals surface area (Å²) in [5, 5.41) is 0. The van der Waals surface area contributed by atoms with E-state index in [9.17, 15) is 17.6 Å². The molecule has 0 heterocycles. The maximum atomic E-state index is 13.5. The van der Waals surface area contributed by atoms with Gasteiger partial charge in [-0.25, -0.2) is 17.6 Å². The van der Waals surface area contributed by atoms with Crippen LogP contribution < -0.4 is 5.73 Å². The van der Waals surface area contributed by atoms with Crippen molar-refractivity contribution in [1.29, 1.82) is 0 Å². The van der Waals surface area contributed by atoms with Crippen LogP contribution in [0.15, 0.2) is 36.4 Å². The van der Waals surface area contributed by atoms with E-state index in [1.165, 1.54) is 6.07 Å². The van der Waals surface area contributed by atoms with E-state index in [0.717, 1.165) is 24.3 Å². The number of benzene rings is 2. The zero-order chi connectivity index (χ0) is 14.0. The average molecular weight is 269 g/mol. The van der Waals surface area contributed by atoms with Gasteiger partial charge in [-0.05, 0) is 36.2 Å². The molecule has 0 amide bonds. The van der Waals surface area contributed by atoms with Gasteiger partial charge in [0.25, 0.3) is 0 Å². The SMILES string of the molecule is NC(Cc1cc(F)ccc1F)c1ccc(F)cc1F. The van der Waals surface area contributed by atoms with Crippen molar-refractivity contribution in [2.45, 2.75) is 12.5 Å². The highest BCUT2D eigenvalue weighted by molar-refractivity contribution is 5.26. The van der Waals surface area contributed by atoms with Gasteiger partial charge in [0.1, 0.15) is 23.3 Å². The fourth-order valence-corrected chi connectivity index (χ4v) is 1.85. The first kappa shape index (κ1) is 13.5. The van der Waals surface area contributed by atoms with Crippen LogP contribution in [0.3, 0.4) is 0 Å². The molecule has 100 valence electrons. The fourth-order valence-electron chi connectivity index (χ4n) is 1.85. The Morgan fingerprint density at radius 1 is 0.842 bits per heavy atom. The number of nitrogens with two attached hydrogens (primary N) is 1. The van der Waals surface area contributed by atoms with Crippen LogP contribution >= 0.6 is 0 Å². The van der Waals surface area contributed by atoms with Crippen molar-refractivity contribution in [1.82, 2.24) is 0 Å². The molecule has 0 saturated heterocycles. The second-order valence-electron chi connectivity index (χ2n) is 4.21. The van der Waals surface area contributed by atoms with Gasteiger partial charge in [-0.2, -0.15) is 0 Å². The van der Waals surface area contributed by atoms with Gasteiger partial charge in [0.15, 0.2) is 0 Å². The number of hydrogen-bond acceptors (Lipinski definition) is 1. The predicted molar refractivity (Wildman–Crippen MR) is 63.3 cm³/mol. The molecule has 2 N–H and O–H groups in total. The largest absolute Gasteiger partial charge is 0.324 e. The molecule has 1 unspecified atom stereocenters. The molecule has 2 aromatic carbocycles.